The van der Waals surface area contributed by atoms with Crippen LogP contribution in [0.5, 0.6) is 0 Å². The zero-order valence-corrected chi connectivity index (χ0v) is 8.93. The van der Waals surface area contributed by atoms with Crippen LogP contribution in [0.2, 0.25) is 0 Å². The first-order valence-electron chi connectivity index (χ1n) is 4.83. The maximum Gasteiger partial charge on any atom is 0.0666 e. The molecule has 1 saturated heterocycles. The summed E-state index contributed by atoms with van der Waals surface area (Å²) in [6.07, 6.45) is 2.43. The maximum absolute atomic E-state index is 8.72. The molecule has 0 aromatic carbocycles. The molecule has 0 saturated carbocycles. The van der Waals surface area contributed by atoms with Crippen LogP contribution < -0.4 is 5.73 Å². The molecule has 3 nitrogen and oxygen atoms in total. The number of rotatable bonds is 5. The Labute approximate surface area is 84.0 Å². The molecule has 0 radical (unpaired) electrons. The van der Waals surface area contributed by atoms with Gasteiger partial charge in [0.15, 0.2) is 0 Å². The average molecular weight is 205 g/mol. The molecule has 13 heavy (non-hydrogen) atoms. The second kappa shape index (κ2) is 5.86. The Morgan fingerprint density at radius 1 is 1.69 bits per heavy atom. The quantitative estimate of drug-likeness (QED) is 0.690. The van der Waals surface area contributed by atoms with Crippen LogP contribution in [0.4, 0.5) is 0 Å². The van der Waals surface area contributed by atoms with Gasteiger partial charge in [0.2, 0.25) is 0 Å². The molecular weight excluding hydrogens is 186 g/mol. The lowest BCUT2D eigenvalue weighted by atomic mass is 10.2. The summed E-state index contributed by atoms with van der Waals surface area (Å²) in [5.74, 6) is 1.03. The molecule has 3 N–H and O–H groups in total. The van der Waals surface area contributed by atoms with Gasteiger partial charge in [-0.1, -0.05) is 0 Å². The summed E-state index contributed by atoms with van der Waals surface area (Å²) in [6, 6.07) is -0.0508. The van der Waals surface area contributed by atoms with Crippen molar-refractivity contribution < 1.29 is 9.84 Å². The first-order valence-corrected chi connectivity index (χ1v) is 5.88. The molecule has 1 heterocycles. The highest BCUT2D eigenvalue weighted by Gasteiger charge is 2.24. The number of aliphatic hydroxyl groups excluding tert-OH is 1. The molecule has 78 valence electrons. The molecule has 1 fully saturated rings. The molecule has 3 unspecified atom stereocenters. The normalized spacial score (nSPS) is 30.7. The lowest BCUT2D eigenvalue weighted by Crippen LogP contribution is -2.25. The van der Waals surface area contributed by atoms with Gasteiger partial charge < -0.3 is 15.6 Å². The fourth-order valence-corrected chi connectivity index (χ4v) is 2.75. The summed E-state index contributed by atoms with van der Waals surface area (Å²) >= 11 is 1.92. The lowest BCUT2D eigenvalue weighted by molar-refractivity contribution is 0.127. The molecule has 0 aromatic rings. The Kier molecular flexibility index (Phi) is 5.09. The monoisotopic (exact) mass is 205 g/mol. The Bertz CT molecular complexity index is 146. The minimum atomic E-state index is -0.0508. The van der Waals surface area contributed by atoms with E-state index in [0.717, 1.165) is 25.2 Å². The topological polar surface area (TPSA) is 55.5 Å². The summed E-state index contributed by atoms with van der Waals surface area (Å²) in [6.45, 7) is 3.11. The first-order chi connectivity index (χ1) is 6.24. The van der Waals surface area contributed by atoms with Gasteiger partial charge in [0, 0.05) is 17.9 Å². The summed E-state index contributed by atoms with van der Waals surface area (Å²) in [5.41, 5.74) is 5.60. The van der Waals surface area contributed by atoms with Crippen LogP contribution in [0.15, 0.2) is 0 Å². The summed E-state index contributed by atoms with van der Waals surface area (Å²) in [4.78, 5) is 0. The van der Waals surface area contributed by atoms with E-state index in [0.29, 0.717) is 11.4 Å². The molecule has 0 amide bonds. The minimum Gasteiger partial charge on any atom is -0.395 e. The van der Waals surface area contributed by atoms with Crippen molar-refractivity contribution in [2.75, 3.05) is 19.0 Å². The smallest absolute Gasteiger partial charge is 0.0666 e. The molecule has 1 aliphatic heterocycles. The van der Waals surface area contributed by atoms with E-state index < -0.39 is 0 Å². The number of thioether (sulfide) groups is 1. The molecule has 0 aromatic heterocycles. The largest absolute Gasteiger partial charge is 0.395 e. The van der Waals surface area contributed by atoms with Crippen LogP contribution in [0.25, 0.3) is 0 Å². The summed E-state index contributed by atoms with van der Waals surface area (Å²) in [7, 11) is 0. The number of hydrogen-bond acceptors (Lipinski definition) is 4. The van der Waals surface area contributed by atoms with Crippen molar-refractivity contribution >= 4 is 11.8 Å². The molecular formula is C9H19NO2S. The van der Waals surface area contributed by atoms with Gasteiger partial charge >= 0.3 is 0 Å². The van der Waals surface area contributed by atoms with E-state index in [2.05, 4.69) is 6.92 Å². The zero-order chi connectivity index (χ0) is 9.68. The van der Waals surface area contributed by atoms with Crippen LogP contribution in [0, 0.1) is 0 Å². The van der Waals surface area contributed by atoms with E-state index in [9.17, 15) is 0 Å². The predicted molar refractivity (Wildman–Crippen MR) is 56.0 cm³/mol. The second-order valence-corrected chi connectivity index (χ2v) is 4.85. The zero-order valence-electron chi connectivity index (χ0n) is 8.11. The van der Waals surface area contributed by atoms with Gasteiger partial charge in [-0.3, -0.25) is 0 Å². The highest BCUT2D eigenvalue weighted by atomic mass is 32.2. The molecule has 1 rings (SSSR count). The third-order valence-electron chi connectivity index (χ3n) is 2.36. The van der Waals surface area contributed by atoms with Gasteiger partial charge in [0.25, 0.3) is 0 Å². The predicted octanol–water partition coefficient (Wildman–Crippen LogP) is 0.607. The second-order valence-electron chi connectivity index (χ2n) is 3.51. The third-order valence-corrected chi connectivity index (χ3v) is 3.88. The summed E-state index contributed by atoms with van der Waals surface area (Å²) < 4.78 is 5.45. The van der Waals surface area contributed by atoms with E-state index in [-0.39, 0.29) is 12.6 Å². The highest BCUT2D eigenvalue weighted by molar-refractivity contribution is 7.99. The third kappa shape index (κ3) is 3.85. The Hall–Kier alpha value is 0.230. The van der Waals surface area contributed by atoms with Crippen molar-refractivity contribution in [2.24, 2.45) is 5.73 Å². The fraction of sp³-hybridized carbons (Fsp3) is 1.00. The van der Waals surface area contributed by atoms with E-state index in [1.807, 2.05) is 11.8 Å². The standard InChI is InChI=1S/C9H19NO2S/c1-7-9(2-4-12-7)13-5-3-8(10)6-11/h7-9,11H,2-6,10H2,1H3. The van der Waals surface area contributed by atoms with Crippen molar-refractivity contribution in [2.45, 2.75) is 37.2 Å². The molecule has 4 heteroatoms. The molecule has 3 atom stereocenters. The van der Waals surface area contributed by atoms with E-state index in [1.165, 1.54) is 0 Å². The first kappa shape index (κ1) is 11.3. The van der Waals surface area contributed by atoms with Crippen LogP contribution >= 0.6 is 11.8 Å². The van der Waals surface area contributed by atoms with Crippen LogP contribution in [-0.2, 0) is 4.74 Å². The van der Waals surface area contributed by atoms with Gasteiger partial charge in [-0.25, -0.2) is 0 Å². The van der Waals surface area contributed by atoms with Gasteiger partial charge in [0.05, 0.1) is 12.7 Å². The van der Waals surface area contributed by atoms with Crippen molar-refractivity contribution in [3.05, 3.63) is 0 Å². The van der Waals surface area contributed by atoms with Gasteiger partial charge in [0.1, 0.15) is 0 Å². The Balaban J connectivity index is 2.05. The van der Waals surface area contributed by atoms with Crippen LogP contribution in [-0.4, -0.2) is 41.5 Å². The molecule has 0 bridgehead atoms. The molecule has 0 spiro atoms. The van der Waals surface area contributed by atoms with Crippen molar-refractivity contribution in [1.82, 2.24) is 0 Å². The van der Waals surface area contributed by atoms with Gasteiger partial charge in [-0.05, 0) is 25.5 Å². The van der Waals surface area contributed by atoms with Crippen molar-refractivity contribution in [3.8, 4) is 0 Å². The highest BCUT2D eigenvalue weighted by Crippen LogP contribution is 2.26. The number of aliphatic hydroxyl groups is 1. The Morgan fingerprint density at radius 3 is 3.00 bits per heavy atom. The van der Waals surface area contributed by atoms with E-state index >= 15 is 0 Å². The number of hydrogen-bond donors (Lipinski definition) is 2. The van der Waals surface area contributed by atoms with Crippen molar-refractivity contribution in [3.63, 3.8) is 0 Å². The maximum atomic E-state index is 8.72. The van der Waals surface area contributed by atoms with Gasteiger partial charge in [-0.15, -0.1) is 0 Å². The Morgan fingerprint density at radius 2 is 2.46 bits per heavy atom. The molecule has 0 aliphatic carbocycles. The van der Waals surface area contributed by atoms with Gasteiger partial charge in [-0.2, -0.15) is 11.8 Å². The number of ether oxygens (including phenoxy) is 1. The van der Waals surface area contributed by atoms with E-state index in [1.54, 1.807) is 0 Å². The average Bonchev–Trinajstić information content (AvgIpc) is 2.52. The van der Waals surface area contributed by atoms with Crippen molar-refractivity contribution in [1.29, 1.82) is 0 Å². The minimum absolute atomic E-state index is 0.0508. The fourth-order valence-electron chi connectivity index (χ4n) is 1.39. The van der Waals surface area contributed by atoms with Crippen LogP contribution in [0.3, 0.4) is 0 Å². The lowest BCUT2D eigenvalue weighted by Gasteiger charge is -2.14. The molecule has 1 aliphatic rings. The van der Waals surface area contributed by atoms with Crippen LogP contribution in [0.1, 0.15) is 19.8 Å². The summed E-state index contributed by atoms with van der Waals surface area (Å²) in [5, 5.41) is 9.35. The SMILES string of the molecule is CC1OCCC1SCCC(N)CO. The van der Waals surface area contributed by atoms with E-state index in [4.69, 9.17) is 15.6 Å². The number of nitrogens with two attached hydrogens (primary N) is 1.